The van der Waals surface area contributed by atoms with Gasteiger partial charge in [0.05, 0.1) is 19.7 Å². The van der Waals surface area contributed by atoms with Gasteiger partial charge in [0.25, 0.3) is 11.8 Å². The number of carbonyl (C=O) groups excluding carboxylic acids is 4. The molecule has 2 aromatic carbocycles. The third-order valence-electron chi connectivity index (χ3n) is 8.61. The van der Waals surface area contributed by atoms with Gasteiger partial charge in [0.2, 0.25) is 11.8 Å². The number of nitrogens with zero attached hydrogens (tertiary/aromatic N) is 3. The molecule has 3 atom stereocenters. The molecule has 4 amide bonds. The fraction of sp³-hybridized carbons (Fsp3) is 0.500. The molecule has 3 fully saturated rings. The Kier molecular flexibility index (Phi) is 10.4. The van der Waals surface area contributed by atoms with Gasteiger partial charge in [0.1, 0.15) is 5.82 Å². The number of amides is 4. The number of ether oxygens (including phenoxy) is 1. The smallest absolute Gasteiger partial charge is 0.254 e. The van der Waals surface area contributed by atoms with Gasteiger partial charge in [-0.2, -0.15) is 0 Å². The van der Waals surface area contributed by atoms with Crippen molar-refractivity contribution < 1.29 is 28.3 Å². The summed E-state index contributed by atoms with van der Waals surface area (Å²) < 4.78 is 19.0. The van der Waals surface area contributed by atoms with Crippen LogP contribution in [0.3, 0.4) is 0 Å². The van der Waals surface area contributed by atoms with Crippen molar-refractivity contribution in [2.75, 3.05) is 59.0 Å². The fourth-order valence-corrected chi connectivity index (χ4v) is 6.22. The van der Waals surface area contributed by atoms with Crippen LogP contribution in [0.15, 0.2) is 54.6 Å². The first kappa shape index (κ1) is 30.6. The van der Waals surface area contributed by atoms with Gasteiger partial charge in [0.15, 0.2) is 6.10 Å². The molecule has 2 bridgehead atoms. The van der Waals surface area contributed by atoms with Crippen LogP contribution in [0.4, 0.5) is 4.39 Å². The Bertz CT molecular complexity index is 1280. The predicted octanol–water partition coefficient (Wildman–Crippen LogP) is 1.66. The van der Waals surface area contributed by atoms with Crippen LogP contribution in [0.5, 0.6) is 0 Å². The van der Waals surface area contributed by atoms with E-state index in [2.05, 4.69) is 27.7 Å². The highest BCUT2D eigenvalue weighted by Crippen LogP contribution is 2.31. The Morgan fingerprint density at radius 3 is 2.56 bits per heavy atom. The van der Waals surface area contributed by atoms with Crippen molar-refractivity contribution in [2.24, 2.45) is 11.8 Å². The van der Waals surface area contributed by atoms with Crippen LogP contribution in [-0.2, 0) is 25.7 Å². The minimum Gasteiger partial charge on any atom is -0.365 e. The zero-order valence-electron chi connectivity index (χ0n) is 24.4. The lowest BCUT2D eigenvalue weighted by Gasteiger charge is -2.40. The van der Waals surface area contributed by atoms with Gasteiger partial charge in [-0.15, -0.1) is 0 Å². The maximum absolute atomic E-state index is 13.5. The van der Waals surface area contributed by atoms with Crippen LogP contribution in [0.25, 0.3) is 0 Å². The lowest BCUT2D eigenvalue weighted by Crippen LogP contribution is -2.55. The van der Waals surface area contributed by atoms with Gasteiger partial charge < -0.3 is 25.2 Å². The molecular formula is C32H40FN5O5. The lowest BCUT2D eigenvalue weighted by atomic mass is 9.80. The van der Waals surface area contributed by atoms with Gasteiger partial charge in [0, 0.05) is 51.3 Å². The number of carbonyl (C=O) groups is 4. The molecule has 0 aliphatic carbocycles. The van der Waals surface area contributed by atoms with Gasteiger partial charge in [-0.1, -0.05) is 30.3 Å². The average Bonchev–Trinajstić information content (AvgIpc) is 3.01. The molecule has 43 heavy (non-hydrogen) atoms. The van der Waals surface area contributed by atoms with Crippen molar-refractivity contribution in [3.05, 3.63) is 71.5 Å². The van der Waals surface area contributed by atoms with E-state index in [0.717, 1.165) is 32.5 Å². The summed E-state index contributed by atoms with van der Waals surface area (Å²) in [5.74, 6) is -1.04. The van der Waals surface area contributed by atoms with Crippen LogP contribution in [0.2, 0.25) is 0 Å². The summed E-state index contributed by atoms with van der Waals surface area (Å²) in [5.41, 5.74) is 1.55. The summed E-state index contributed by atoms with van der Waals surface area (Å²) in [7, 11) is 0. The van der Waals surface area contributed by atoms with Crippen LogP contribution in [0.1, 0.15) is 35.2 Å². The molecule has 3 saturated heterocycles. The van der Waals surface area contributed by atoms with Crippen LogP contribution >= 0.6 is 0 Å². The molecule has 2 aromatic rings. The molecule has 11 heteroatoms. The molecule has 0 aromatic heterocycles. The van der Waals surface area contributed by atoms with E-state index < -0.39 is 23.7 Å². The zero-order valence-corrected chi connectivity index (χ0v) is 24.4. The van der Waals surface area contributed by atoms with Gasteiger partial charge in [-0.25, -0.2) is 4.39 Å². The number of likely N-dealkylation sites (tertiary alicyclic amines) is 1. The normalized spacial score (nSPS) is 24.1. The summed E-state index contributed by atoms with van der Waals surface area (Å²) in [4.78, 5) is 58.0. The first-order valence-corrected chi connectivity index (χ1v) is 15.1. The summed E-state index contributed by atoms with van der Waals surface area (Å²) >= 11 is 0. The highest BCUT2D eigenvalue weighted by molar-refractivity contribution is 5.94. The average molecular weight is 594 g/mol. The van der Waals surface area contributed by atoms with Crippen molar-refractivity contribution >= 4 is 23.6 Å². The molecule has 0 saturated carbocycles. The van der Waals surface area contributed by atoms with E-state index in [9.17, 15) is 23.6 Å². The first-order valence-electron chi connectivity index (χ1n) is 15.1. The third-order valence-corrected chi connectivity index (χ3v) is 8.61. The molecule has 5 rings (SSSR count). The Morgan fingerprint density at radius 2 is 1.77 bits per heavy atom. The van der Waals surface area contributed by atoms with E-state index in [1.807, 2.05) is 18.2 Å². The molecule has 10 nitrogen and oxygen atoms in total. The van der Waals surface area contributed by atoms with Crippen molar-refractivity contribution in [3.8, 4) is 0 Å². The van der Waals surface area contributed by atoms with Crippen molar-refractivity contribution in [2.45, 2.75) is 31.9 Å². The maximum Gasteiger partial charge on any atom is 0.254 e. The predicted molar refractivity (Wildman–Crippen MR) is 157 cm³/mol. The molecule has 0 unspecified atom stereocenters. The number of benzene rings is 2. The van der Waals surface area contributed by atoms with E-state index in [1.54, 1.807) is 4.90 Å². The van der Waals surface area contributed by atoms with Crippen molar-refractivity contribution in [1.82, 2.24) is 25.3 Å². The number of morpholine rings is 1. The maximum atomic E-state index is 13.5. The Labute approximate surface area is 251 Å². The Hall–Kier alpha value is -3.83. The van der Waals surface area contributed by atoms with Crippen LogP contribution in [0, 0.1) is 17.7 Å². The molecule has 2 N–H and O–H groups in total. The minimum absolute atomic E-state index is 0.0341. The quantitative estimate of drug-likeness (QED) is 0.527. The standard InChI is InChI=1S/C32H40FN5O5/c33-27-8-6-24(7-9-27)31(41)35-13-15-38-22-29(39)34-12-10-26-20-36(19-23-4-2-1-3-5-23)14-11-25(26)18-30(40)37-16-17-43-28(21-37)32(38)42/h1-9,25-26,28H,10-22H2,(H,34,39)(H,35,41)/t25-,26-,28-/m0/s1. The molecule has 3 aliphatic heterocycles. The summed E-state index contributed by atoms with van der Waals surface area (Å²) in [6.45, 7) is 3.83. The number of rotatable bonds is 6. The number of hydrogen-bond donors (Lipinski definition) is 2. The van der Waals surface area contributed by atoms with Gasteiger partial charge in [-0.05, 0) is 61.1 Å². The fourth-order valence-electron chi connectivity index (χ4n) is 6.22. The summed E-state index contributed by atoms with van der Waals surface area (Å²) in [6, 6.07) is 15.5. The van der Waals surface area contributed by atoms with Crippen LogP contribution < -0.4 is 10.6 Å². The largest absolute Gasteiger partial charge is 0.365 e. The van der Waals surface area contributed by atoms with Crippen molar-refractivity contribution in [3.63, 3.8) is 0 Å². The van der Waals surface area contributed by atoms with Gasteiger partial charge in [-0.3, -0.25) is 24.1 Å². The summed E-state index contributed by atoms with van der Waals surface area (Å²) in [6.07, 6.45) is 1.17. The Balaban J connectivity index is 1.24. The lowest BCUT2D eigenvalue weighted by molar-refractivity contribution is -0.156. The second kappa shape index (κ2) is 14.6. The molecule has 0 radical (unpaired) electrons. The van der Waals surface area contributed by atoms with E-state index in [4.69, 9.17) is 4.74 Å². The van der Waals surface area contributed by atoms with E-state index in [-0.39, 0.29) is 56.4 Å². The number of hydrogen-bond acceptors (Lipinski definition) is 6. The van der Waals surface area contributed by atoms with Crippen LogP contribution in [-0.4, -0.2) is 103 Å². The highest BCUT2D eigenvalue weighted by Gasteiger charge is 2.36. The molecular weight excluding hydrogens is 553 g/mol. The monoisotopic (exact) mass is 593 g/mol. The van der Waals surface area contributed by atoms with Crippen molar-refractivity contribution in [1.29, 1.82) is 0 Å². The molecule has 0 spiro atoms. The first-order chi connectivity index (χ1) is 20.9. The number of fused-ring (bicyclic) bond motifs is 3. The van der Waals surface area contributed by atoms with E-state index >= 15 is 0 Å². The summed E-state index contributed by atoms with van der Waals surface area (Å²) in [5, 5.41) is 5.70. The second-order valence-electron chi connectivity index (χ2n) is 11.6. The third kappa shape index (κ3) is 8.39. The molecule has 3 heterocycles. The highest BCUT2D eigenvalue weighted by atomic mass is 19.1. The topological polar surface area (TPSA) is 111 Å². The second-order valence-corrected chi connectivity index (χ2v) is 11.6. The SMILES string of the molecule is O=C1CN(CCNC(=O)c2ccc(F)cc2)C(=O)[C@@H]2CN(CCO2)C(=O)C[C@@H]2CCN(Cc3ccccc3)C[C@@H]2CCN1. The van der Waals surface area contributed by atoms with E-state index in [1.165, 1.54) is 34.7 Å². The molecule has 3 aliphatic rings. The molecule has 230 valence electrons. The number of halogens is 1. The zero-order chi connectivity index (χ0) is 30.2. The van der Waals surface area contributed by atoms with E-state index in [0.29, 0.717) is 25.1 Å². The van der Waals surface area contributed by atoms with Gasteiger partial charge >= 0.3 is 0 Å². The number of nitrogens with one attached hydrogen (secondary N) is 2. The Morgan fingerprint density at radius 1 is 0.977 bits per heavy atom. The minimum atomic E-state index is -0.884. The number of piperidine rings is 1.